The molecule has 214 valence electrons. The molecular formula is C34H39F3O3. The summed E-state index contributed by atoms with van der Waals surface area (Å²) >= 11 is 0. The average Bonchev–Trinajstić information content (AvgIpc) is 2.97. The number of allylic oxidation sites excluding steroid dienone is 1. The van der Waals surface area contributed by atoms with Crippen LogP contribution in [0.1, 0.15) is 70.6 Å². The van der Waals surface area contributed by atoms with Crippen LogP contribution < -0.4 is 4.74 Å². The molecule has 1 saturated heterocycles. The molecule has 0 atom stereocenters. The highest BCUT2D eigenvalue weighted by Crippen LogP contribution is 2.33. The lowest BCUT2D eigenvalue weighted by molar-refractivity contribution is -0.197. The molecule has 0 aromatic heterocycles. The van der Waals surface area contributed by atoms with Crippen molar-refractivity contribution >= 4 is 0 Å². The Labute approximate surface area is 236 Å². The van der Waals surface area contributed by atoms with Crippen molar-refractivity contribution in [1.29, 1.82) is 0 Å². The van der Waals surface area contributed by atoms with Crippen molar-refractivity contribution in [3.05, 3.63) is 89.8 Å². The van der Waals surface area contributed by atoms with E-state index in [4.69, 9.17) is 14.2 Å². The maximum Gasteiger partial charge on any atom is 0.201 e. The topological polar surface area (TPSA) is 27.7 Å². The summed E-state index contributed by atoms with van der Waals surface area (Å²) in [5.74, 6) is -2.23. The van der Waals surface area contributed by atoms with Gasteiger partial charge >= 0.3 is 0 Å². The van der Waals surface area contributed by atoms with E-state index in [2.05, 4.69) is 6.92 Å². The summed E-state index contributed by atoms with van der Waals surface area (Å²) in [5, 5.41) is 0. The number of ether oxygens (including phenoxy) is 3. The van der Waals surface area contributed by atoms with E-state index >= 15 is 4.39 Å². The summed E-state index contributed by atoms with van der Waals surface area (Å²) in [6, 6.07) is 14.6. The first kappa shape index (κ1) is 29.9. The molecule has 1 heterocycles. The van der Waals surface area contributed by atoms with Crippen LogP contribution in [0, 0.1) is 23.4 Å². The molecule has 3 nitrogen and oxygen atoms in total. The van der Waals surface area contributed by atoms with Gasteiger partial charge in [0.15, 0.2) is 17.9 Å². The van der Waals surface area contributed by atoms with E-state index < -0.39 is 23.7 Å². The molecule has 3 aromatic rings. The molecule has 0 saturated carbocycles. The Morgan fingerprint density at radius 3 is 2.05 bits per heavy atom. The predicted octanol–water partition coefficient (Wildman–Crippen LogP) is 9.80. The van der Waals surface area contributed by atoms with E-state index in [1.807, 2.05) is 19.1 Å². The van der Waals surface area contributed by atoms with E-state index in [1.54, 1.807) is 36.4 Å². The van der Waals surface area contributed by atoms with Crippen molar-refractivity contribution in [3.8, 4) is 28.0 Å². The minimum Gasteiger partial charge on any atom is -0.490 e. The lowest BCUT2D eigenvalue weighted by Gasteiger charge is -2.28. The number of halogens is 3. The minimum atomic E-state index is -0.990. The molecule has 6 heteroatoms. The molecule has 0 unspecified atom stereocenters. The fourth-order valence-corrected chi connectivity index (χ4v) is 4.94. The summed E-state index contributed by atoms with van der Waals surface area (Å²) < 4.78 is 61.7. The first-order chi connectivity index (χ1) is 19.5. The molecule has 1 fully saturated rings. The highest BCUT2D eigenvalue weighted by molar-refractivity contribution is 5.71. The number of hydrogen-bond acceptors (Lipinski definition) is 3. The normalized spacial score (nSPS) is 17.4. The highest BCUT2D eigenvalue weighted by Gasteiger charge is 2.23. The van der Waals surface area contributed by atoms with Gasteiger partial charge < -0.3 is 14.2 Å². The van der Waals surface area contributed by atoms with Crippen LogP contribution in [0.25, 0.3) is 22.3 Å². The summed E-state index contributed by atoms with van der Waals surface area (Å²) in [4.78, 5) is 0. The van der Waals surface area contributed by atoms with Gasteiger partial charge in [0.05, 0.1) is 19.8 Å². The zero-order valence-corrected chi connectivity index (χ0v) is 23.4. The highest BCUT2D eigenvalue weighted by atomic mass is 19.2. The maximum absolute atomic E-state index is 15.0. The molecule has 0 radical (unpaired) electrons. The molecular weight excluding hydrogens is 513 g/mol. The van der Waals surface area contributed by atoms with Crippen LogP contribution in [0.2, 0.25) is 0 Å². The Morgan fingerprint density at radius 2 is 1.40 bits per heavy atom. The first-order valence-electron chi connectivity index (χ1n) is 14.4. The second-order valence-corrected chi connectivity index (χ2v) is 10.3. The van der Waals surface area contributed by atoms with Crippen molar-refractivity contribution in [2.75, 3.05) is 19.8 Å². The maximum atomic E-state index is 15.0. The molecule has 1 aliphatic heterocycles. The van der Waals surface area contributed by atoms with Crippen LogP contribution in [0.15, 0.2) is 66.7 Å². The molecule has 4 rings (SSSR count). The van der Waals surface area contributed by atoms with Gasteiger partial charge in [0.1, 0.15) is 5.82 Å². The fraction of sp³-hybridized carbons (Fsp3) is 0.412. The van der Waals surface area contributed by atoms with Crippen molar-refractivity contribution in [1.82, 2.24) is 0 Å². The van der Waals surface area contributed by atoms with E-state index in [-0.39, 0.29) is 17.2 Å². The largest absolute Gasteiger partial charge is 0.490 e. The van der Waals surface area contributed by atoms with E-state index in [0.29, 0.717) is 42.1 Å². The molecule has 40 heavy (non-hydrogen) atoms. The smallest absolute Gasteiger partial charge is 0.201 e. The monoisotopic (exact) mass is 552 g/mol. The summed E-state index contributed by atoms with van der Waals surface area (Å²) in [5.41, 5.74) is 2.27. The zero-order chi connectivity index (χ0) is 28.3. The van der Waals surface area contributed by atoms with Crippen LogP contribution in [0.3, 0.4) is 0 Å². The quantitative estimate of drug-likeness (QED) is 0.156. The van der Waals surface area contributed by atoms with Gasteiger partial charge in [-0.3, -0.25) is 0 Å². The standard InChI is InChI=1S/C34H39F3O3/c1-3-5-6-7-8-9-10-20-38-31-19-18-29(32(36)33(31)37)26-14-12-25(13-15-26)28-17-16-27(21-30(28)35)34-39-22-24(11-4-2)23-40-34/h4,11-19,21,24,34H,3,5-10,20,22-23H2,1-2H3/b11-4+. The molecule has 0 aliphatic carbocycles. The van der Waals surface area contributed by atoms with E-state index in [1.165, 1.54) is 43.9 Å². The molecule has 3 aromatic carbocycles. The van der Waals surface area contributed by atoms with Gasteiger partial charge in [-0.15, -0.1) is 0 Å². The van der Waals surface area contributed by atoms with Crippen molar-refractivity contribution in [2.24, 2.45) is 5.92 Å². The third kappa shape index (κ3) is 7.76. The SMILES string of the molecule is C/C=C/C1COC(c2ccc(-c3ccc(-c4ccc(OCCCCCCCCC)c(F)c4F)cc3)c(F)c2)OC1. The summed E-state index contributed by atoms with van der Waals surface area (Å²) in [6.07, 6.45) is 11.3. The van der Waals surface area contributed by atoms with Crippen molar-refractivity contribution in [3.63, 3.8) is 0 Å². The van der Waals surface area contributed by atoms with Crippen LogP contribution in [0.5, 0.6) is 5.75 Å². The number of benzene rings is 3. The van der Waals surface area contributed by atoms with Gasteiger partial charge in [-0.05, 0) is 42.7 Å². The molecule has 0 spiro atoms. The fourth-order valence-electron chi connectivity index (χ4n) is 4.94. The van der Waals surface area contributed by atoms with Crippen LogP contribution in [-0.2, 0) is 9.47 Å². The van der Waals surface area contributed by atoms with E-state index in [9.17, 15) is 8.78 Å². The minimum absolute atomic E-state index is 0.0747. The summed E-state index contributed by atoms with van der Waals surface area (Å²) in [7, 11) is 0. The number of hydrogen-bond donors (Lipinski definition) is 0. The Balaban J connectivity index is 1.36. The number of rotatable bonds is 13. The van der Waals surface area contributed by atoms with Gasteiger partial charge in [-0.2, -0.15) is 4.39 Å². The van der Waals surface area contributed by atoms with Crippen molar-refractivity contribution < 1.29 is 27.4 Å². The van der Waals surface area contributed by atoms with Crippen LogP contribution in [0.4, 0.5) is 13.2 Å². The Kier molecular flexibility index (Phi) is 11.2. The lowest BCUT2D eigenvalue weighted by atomic mass is 9.98. The van der Waals surface area contributed by atoms with Crippen LogP contribution in [-0.4, -0.2) is 19.8 Å². The molecule has 1 aliphatic rings. The van der Waals surface area contributed by atoms with Gasteiger partial charge in [0.2, 0.25) is 5.82 Å². The zero-order valence-electron chi connectivity index (χ0n) is 23.4. The predicted molar refractivity (Wildman–Crippen MR) is 154 cm³/mol. The Hall–Kier alpha value is -3.09. The van der Waals surface area contributed by atoms with Gasteiger partial charge in [-0.1, -0.05) is 94.0 Å². The third-order valence-corrected chi connectivity index (χ3v) is 7.21. The average molecular weight is 553 g/mol. The van der Waals surface area contributed by atoms with E-state index in [0.717, 1.165) is 19.3 Å². The number of unbranched alkanes of at least 4 members (excludes halogenated alkanes) is 6. The Bertz CT molecular complexity index is 1250. The molecule has 0 N–H and O–H groups in total. The summed E-state index contributed by atoms with van der Waals surface area (Å²) in [6.45, 7) is 5.53. The molecule has 0 bridgehead atoms. The van der Waals surface area contributed by atoms with Crippen molar-refractivity contribution in [2.45, 2.75) is 65.1 Å². The van der Waals surface area contributed by atoms with Crippen LogP contribution >= 0.6 is 0 Å². The second-order valence-electron chi connectivity index (χ2n) is 10.3. The first-order valence-corrected chi connectivity index (χ1v) is 14.4. The van der Waals surface area contributed by atoms with Gasteiger partial charge in [-0.25, -0.2) is 8.78 Å². The molecule has 0 amide bonds. The van der Waals surface area contributed by atoms with Gasteiger partial charge in [0.25, 0.3) is 0 Å². The lowest BCUT2D eigenvalue weighted by Crippen LogP contribution is -2.25. The van der Waals surface area contributed by atoms with Gasteiger partial charge in [0, 0.05) is 22.6 Å². The Morgan fingerprint density at radius 1 is 0.775 bits per heavy atom. The second kappa shape index (κ2) is 15.1. The third-order valence-electron chi connectivity index (χ3n) is 7.21.